The van der Waals surface area contributed by atoms with Gasteiger partial charge in [0.25, 0.3) is 11.6 Å². The number of nitro benzene ring substituents is 1. The topological polar surface area (TPSA) is 114 Å². The highest BCUT2D eigenvalue weighted by atomic mass is 32.1. The Labute approximate surface area is 157 Å². The van der Waals surface area contributed by atoms with E-state index in [9.17, 15) is 14.9 Å². The van der Waals surface area contributed by atoms with Crippen molar-refractivity contribution in [3.05, 3.63) is 63.3 Å². The minimum Gasteiger partial charge on any atom is -0.350 e. The smallest absolute Gasteiger partial charge is 0.272 e. The van der Waals surface area contributed by atoms with E-state index < -0.39 is 4.92 Å². The number of hydrogen-bond acceptors (Lipinski definition) is 6. The lowest BCUT2D eigenvalue weighted by molar-refractivity contribution is -0.384. The van der Waals surface area contributed by atoms with Crippen molar-refractivity contribution in [3.63, 3.8) is 0 Å². The molecular formula is C18H15N5O3S. The van der Waals surface area contributed by atoms with Crippen LogP contribution in [0.5, 0.6) is 0 Å². The number of nitrogens with zero attached hydrogens (tertiary/aromatic N) is 3. The van der Waals surface area contributed by atoms with Crippen molar-refractivity contribution in [3.8, 4) is 0 Å². The lowest BCUT2D eigenvalue weighted by Crippen LogP contribution is -2.28. The first-order chi connectivity index (χ1) is 13.0. The third-order valence-electron chi connectivity index (χ3n) is 4.27. The monoisotopic (exact) mass is 381 g/mol. The molecule has 0 aliphatic carbocycles. The van der Waals surface area contributed by atoms with Crippen LogP contribution in [-0.2, 0) is 0 Å². The minimum atomic E-state index is -0.497. The van der Waals surface area contributed by atoms with Gasteiger partial charge in [0, 0.05) is 30.0 Å². The van der Waals surface area contributed by atoms with Gasteiger partial charge in [-0.1, -0.05) is 19.1 Å². The standard InChI is InChI=1S/C18H15N5O3S/c1-10(18-20-14-4-2-3-5-15(14)27-18)9-19-17(24)16-12-8-11(23(25)26)6-7-13(12)21-22-16/h2-8,10H,9H2,1H3,(H,19,24)(H,21,22). The molecule has 0 saturated carbocycles. The van der Waals surface area contributed by atoms with Crippen LogP contribution in [0, 0.1) is 10.1 Å². The van der Waals surface area contributed by atoms with Crippen LogP contribution < -0.4 is 5.32 Å². The second kappa shape index (κ2) is 6.76. The van der Waals surface area contributed by atoms with Gasteiger partial charge in [-0.15, -0.1) is 11.3 Å². The van der Waals surface area contributed by atoms with E-state index in [4.69, 9.17) is 0 Å². The number of carbonyl (C=O) groups is 1. The Balaban J connectivity index is 1.51. The van der Waals surface area contributed by atoms with Gasteiger partial charge in [0.05, 0.1) is 25.7 Å². The molecule has 2 aromatic carbocycles. The zero-order valence-electron chi connectivity index (χ0n) is 14.3. The zero-order valence-corrected chi connectivity index (χ0v) is 15.1. The van der Waals surface area contributed by atoms with E-state index in [1.807, 2.05) is 31.2 Å². The number of non-ortho nitro benzene ring substituents is 1. The number of H-pyrrole nitrogens is 1. The number of carbonyl (C=O) groups excluding carboxylic acids is 1. The first-order valence-corrected chi connectivity index (χ1v) is 9.11. The molecule has 0 radical (unpaired) electrons. The molecule has 4 rings (SSSR count). The summed E-state index contributed by atoms with van der Waals surface area (Å²) in [7, 11) is 0. The number of para-hydroxylation sites is 1. The van der Waals surface area contributed by atoms with Gasteiger partial charge in [0.2, 0.25) is 0 Å². The summed E-state index contributed by atoms with van der Waals surface area (Å²) in [5, 5.41) is 21.9. The zero-order chi connectivity index (χ0) is 19.0. The Morgan fingerprint density at radius 3 is 2.93 bits per heavy atom. The minimum absolute atomic E-state index is 0.0332. The van der Waals surface area contributed by atoms with Crippen LogP contribution in [0.4, 0.5) is 5.69 Å². The van der Waals surface area contributed by atoms with Crippen LogP contribution in [0.15, 0.2) is 42.5 Å². The Morgan fingerprint density at radius 1 is 1.33 bits per heavy atom. The third-order valence-corrected chi connectivity index (χ3v) is 5.54. The van der Waals surface area contributed by atoms with Gasteiger partial charge in [-0.05, 0) is 18.2 Å². The summed E-state index contributed by atoms with van der Waals surface area (Å²) in [6, 6.07) is 12.2. The van der Waals surface area contributed by atoms with Crippen molar-refractivity contribution in [1.29, 1.82) is 0 Å². The number of thiazole rings is 1. The van der Waals surface area contributed by atoms with Crippen molar-refractivity contribution in [2.24, 2.45) is 0 Å². The highest BCUT2D eigenvalue weighted by molar-refractivity contribution is 7.18. The van der Waals surface area contributed by atoms with Gasteiger partial charge in [-0.3, -0.25) is 20.0 Å². The first-order valence-electron chi connectivity index (χ1n) is 8.29. The third kappa shape index (κ3) is 3.24. The highest BCUT2D eigenvalue weighted by Gasteiger charge is 2.19. The second-order valence-corrected chi connectivity index (χ2v) is 7.25. The summed E-state index contributed by atoms with van der Waals surface area (Å²) in [5.41, 5.74) is 1.58. The fourth-order valence-corrected chi connectivity index (χ4v) is 3.82. The average Bonchev–Trinajstić information content (AvgIpc) is 3.29. The van der Waals surface area contributed by atoms with Crippen LogP contribution in [0.25, 0.3) is 21.1 Å². The van der Waals surface area contributed by atoms with Crippen molar-refractivity contribution in [2.45, 2.75) is 12.8 Å². The molecule has 8 nitrogen and oxygen atoms in total. The number of nitro groups is 1. The number of benzene rings is 2. The molecule has 0 spiro atoms. The normalized spacial score (nSPS) is 12.3. The lowest BCUT2D eigenvalue weighted by Gasteiger charge is -2.09. The number of amides is 1. The van der Waals surface area contributed by atoms with Crippen LogP contribution >= 0.6 is 11.3 Å². The van der Waals surface area contributed by atoms with Gasteiger partial charge in [0.15, 0.2) is 5.69 Å². The fraction of sp³-hybridized carbons (Fsp3) is 0.167. The van der Waals surface area contributed by atoms with Crippen molar-refractivity contribution in [1.82, 2.24) is 20.5 Å². The van der Waals surface area contributed by atoms with E-state index in [0.29, 0.717) is 17.4 Å². The number of rotatable bonds is 5. The molecule has 2 heterocycles. The Hall–Kier alpha value is -3.33. The Bertz CT molecular complexity index is 1130. The van der Waals surface area contributed by atoms with Gasteiger partial charge in [-0.2, -0.15) is 5.10 Å². The predicted octanol–water partition coefficient (Wildman–Crippen LogP) is 3.61. The van der Waals surface area contributed by atoms with Gasteiger partial charge >= 0.3 is 0 Å². The maximum Gasteiger partial charge on any atom is 0.272 e. The van der Waals surface area contributed by atoms with Gasteiger partial charge < -0.3 is 5.32 Å². The SMILES string of the molecule is CC(CNC(=O)c1n[nH]c2ccc([N+](=O)[O-])cc12)c1nc2ccccc2s1. The summed E-state index contributed by atoms with van der Waals surface area (Å²) < 4.78 is 1.11. The van der Waals surface area contributed by atoms with E-state index in [-0.39, 0.29) is 23.2 Å². The van der Waals surface area contributed by atoms with Crippen LogP contribution in [0.2, 0.25) is 0 Å². The van der Waals surface area contributed by atoms with Crippen molar-refractivity contribution in [2.75, 3.05) is 6.54 Å². The molecule has 2 aromatic heterocycles. The van der Waals surface area contributed by atoms with Crippen LogP contribution in [0.1, 0.15) is 28.3 Å². The molecular weight excluding hydrogens is 366 g/mol. The molecule has 2 N–H and O–H groups in total. The number of aromatic amines is 1. The van der Waals surface area contributed by atoms with Crippen molar-refractivity contribution >= 4 is 44.1 Å². The lowest BCUT2D eigenvalue weighted by atomic mass is 10.1. The summed E-state index contributed by atoms with van der Waals surface area (Å²) in [5.74, 6) is -0.347. The maximum atomic E-state index is 12.5. The second-order valence-electron chi connectivity index (χ2n) is 6.19. The molecule has 0 saturated heterocycles. The predicted molar refractivity (Wildman–Crippen MR) is 103 cm³/mol. The highest BCUT2D eigenvalue weighted by Crippen LogP contribution is 2.27. The molecule has 0 aliphatic rings. The maximum absolute atomic E-state index is 12.5. The molecule has 4 aromatic rings. The number of nitrogens with one attached hydrogen (secondary N) is 2. The number of fused-ring (bicyclic) bond motifs is 2. The molecule has 9 heteroatoms. The largest absolute Gasteiger partial charge is 0.350 e. The van der Waals surface area contributed by atoms with Crippen molar-refractivity contribution < 1.29 is 9.72 Å². The van der Waals surface area contributed by atoms with Crippen LogP contribution in [0.3, 0.4) is 0 Å². The molecule has 1 atom stereocenters. The molecule has 0 aliphatic heterocycles. The molecule has 136 valence electrons. The summed E-state index contributed by atoms with van der Waals surface area (Å²) in [4.78, 5) is 27.6. The van der Waals surface area contributed by atoms with E-state index >= 15 is 0 Å². The quantitative estimate of drug-likeness (QED) is 0.405. The molecule has 1 amide bonds. The Kier molecular flexibility index (Phi) is 4.28. The molecule has 0 fully saturated rings. The fourth-order valence-electron chi connectivity index (χ4n) is 2.81. The first kappa shape index (κ1) is 17.1. The molecule has 1 unspecified atom stereocenters. The molecule has 0 bridgehead atoms. The van der Waals surface area contributed by atoms with E-state index in [1.54, 1.807) is 17.4 Å². The summed E-state index contributed by atoms with van der Waals surface area (Å²) in [6.45, 7) is 2.38. The number of hydrogen-bond donors (Lipinski definition) is 2. The molecule has 27 heavy (non-hydrogen) atoms. The summed E-state index contributed by atoms with van der Waals surface area (Å²) >= 11 is 1.60. The summed E-state index contributed by atoms with van der Waals surface area (Å²) in [6.07, 6.45) is 0. The van der Waals surface area contributed by atoms with E-state index in [0.717, 1.165) is 15.2 Å². The number of aromatic nitrogens is 3. The van der Waals surface area contributed by atoms with Gasteiger partial charge in [0.1, 0.15) is 0 Å². The van der Waals surface area contributed by atoms with E-state index in [1.165, 1.54) is 12.1 Å². The van der Waals surface area contributed by atoms with E-state index in [2.05, 4.69) is 20.5 Å². The van der Waals surface area contributed by atoms with Crippen LogP contribution in [-0.4, -0.2) is 32.6 Å². The Morgan fingerprint density at radius 2 is 2.15 bits per heavy atom. The van der Waals surface area contributed by atoms with Gasteiger partial charge in [-0.25, -0.2) is 4.98 Å². The average molecular weight is 381 g/mol.